The van der Waals surface area contributed by atoms with E-state index in [1.165, 1.54) is 64.2 Å². The van der Waals surface area contributed by atoms with Crippen molar-refractivity contribution in [1.29, 1.82) is 0 Å². The largest absolute Gasteiger partial charge is 0.355 e. The monoisotopic (exact) mass is 439 g/mol. The Labute approximate surface area is 198 Å². The Morgan fingerprint density at radius 3 is 2.39 bits per heavy atom. The third-order valence-electron chi connectivity index (χ3n) is 7.89. The molecule has 1 aliphatic carbocycles. The van der Waals surface area contributed by atoms with Crippen molar-refractivity contribution >= 4 is 27.2 Å². The lowest BCUT2D eigenvalue weighted by Crippen LogP contribution is -2.45. The number of aryl methyl sites for hydroxylation is 2. The van der Waals surface area contributed by atoms with E-state index in [-0.39, 0.29) is 0 Å². The summed E-state index contributed by atoms with van der Waals surface area (Å²) < 4.78 is 2.35. The lowest BCUT2D eigenvalue weighted by Gasteiger charge is -2.42. The molecule has 0 aliphatic heterocycles. The van der Waals surface area contributed by atoms with Gasteiger partial charge in [0.05, 0.1) is 0 Å². The van der Waals surface area contributed by atoms with Crippen LogP contribution in [0.15, 0.2) is 67.0 Å². The molecule has 0 saturated carbocycles. The Morgan fingerprint density at radius 1 is 1.00 bits per heavy atom. The molecule has 0 spiro atoms. The maximum atomic E-state index is 3.81. The standard InChI is InChI=1S/C30H37N3/c1-4-5-17-30(32(2)3)18-14-23(15-19-30)29-27(26-12-8-9-13-28(26)31-29)16-20-33-21-24-10-6-7-11-25(24)22-33/h6-14,21-22,31H,4-5,15-20H2,1-3H3. The summed E-state index contributed by atoms with van der Waals surface area (Å²) >= 11 is 0. The lowest BCUT2D eigenvalue weighted by atomic mass is 9.77. The van der Waals surface area contributed by atoms with Crippen LogP contribution in [-0.2, 0) is 13.0 Å². The summed E-state index contributed by atoms with van der Waals surface area (Å²) in [5.74, 6) is 0. The summed E-state index contributed by atoms with van der Waals surface area (Å²) in [5, 5.41) is 4.01. The highest BCUT2D eigenvalue weighted by Gasteiger charge is 2.34. The quantitative estimate of drug-likeness (QED) is 0.303. The lowest BCUT2D eigenvalue weighted by molar-refractivity contribution is 0.124. The van der Waals surface area contributed by atoms with E-state index >= 15 is 0 Å². The molecule has 2 aromatic heterocycles. The van der Waals surface area contributed by atoms with Gasteiger partial charge in [0.25, 0.3) is 0 Å². The second-order valence-electron chi connectivity index (χ2n) is 10.1. The molecular weight excluding hydrogens is 402 g/mol. The van der Waals surface area contributed by atoms with E-state index in [9.17, 15) is 0 Å². The summed E-state index contributed by atoms with van der Waals surface area (Å²) in [6.07, 6.45) is 15.5. The van der Waals surface area contributed by atoms with Crippen LogP contribution in [-0.4, -0.2) is 34.1 Å². The number of hydrogen-bond donors (Lipinski definition) is 1. The van der Waals surface area contributed by atoms with Crippen molar-refractivity contribution in [2.24, 2.45) is 0 Å². The van der Waals surface area contributed by atoms with Crippen LogP contribution in [0, 0.1) is 0 Å². The average molecular weight is 440 g/mol. The number of aromatic nitrogens is 2. The van der Waals surface area contributed by atoms with E-state index in [1.54, 1.807) is 0 Å². The van der Waals surface area contributed by atoms with E-state index in [2.05, 4.69) is 102 Å². The zero-order valence-electron chi connectivity index (χ0n) is 20.4. The smallest absolute Gasteiger partial charge is 0.0461 e. The molecule has 1 aliphatic rings. The van der Waals surface area contributed by atoms with Crippen LogP contribution in [0.3, 0.4) is 0 Å². The highest BCUT2D eigenvalue weighted by atomic mass is 15.1. The molecule has 0 fully saturated rings. The first-order valence-electron chi connectivity index (χ1n) is 12.6. The molecule has 1 unspecified atom stereocenters. The minimum atomic E-state index is 0.316. The number of para-hydroxylation sites is 1. The summed E-state index contributed by atoms with van der Waals surface area (Å²) in [6.45, 7) is 3.30. The van der Waals surface area contributed by atoms with Crippen molar-refractivity contribution in [3.8, 4) is 0 Å². The van der Waals surface area contributed by atoms with Gasteiger partial charge in [0.2, 0.25) is 0 Å². The fraction of sp³-hybridized carbons (Fsp3) is 0.400. The number of aromatic amines is 1. The minimum absolute atomic E-state index is 0.316. The van der Waals surface area contributed by atoms with Crippen LogP contribution in [0.1, 0.15) is 56.7 Å². The van der Waals surface area contributed by atoms with Gasteiger partial charge in [-0.05, 0) is 74.2 Å². The third kappa shape index (κ3) is 4.27. The number of unbranched alkanes of at least 4 members (excludes halogenated alkanes) is 1. The average Bonchev–Trinajstić information content (AvgIpc) is 3.42. The number of fused-ring (bicyclic) bond motifs is 2. The first-order valence-corrected chi connectivity index (χ1v) is 12.6. The molecule has 2 heterocycles. The Balaban J connectivity index is 1.44. The number of hydrogen-bond acceptors (Lipinski definition) is 1. The third-order valence-corrected chi connectivity index (χ3v) is 7.89. The second-order valence-corrected chi connectivity index (χ2v) is 10.1. The van der Waals surface area contributed by atoms with Gasteiger partial charge in [0, 0.05) is 41.1 Å². The van der Waals surface area contributed by atoms with Crippen LogP contribution in [0.4, 0.5) is 0 Å². The van der Waals surface area contributed by atoms with Crippen LogP contribution in [0.25, 0.3) is 27.2 Å². The predicted octanol–water partition coefficient (Wildman–Crippen LogP) is 7.42. The fourth-order valence-electron chi connectivity index (χ4n) is 5.72. The molecular formula is C30H37N3. The van der Waals surface area contributed by atoms with Gasteiger partial charge in [-0.3, -0.25) is 0 Å². The van der Waals surface area contributed by atoms with Gasteiger partial charge < -0.3 is 14.5 Å². The van der Waals surface area contributed by atoms with Crippen molar-refractivity contribution < 1.29 is 0 Å². The number of rotatable bonds is 8. The van der Waals surface area contributed by atoms with Gasteiger partial charge in [0.1, 0.15) is 0 Å². The maximum absolute atomic E-state index is 3.81. The van der Waals surface area contributed by atoms with Crippen LogP contribution >= 0.6 is 0 Å². The van der Waals surface area contributed by atoms with Crippen LogP contribution in [0.2, 0.25) is 0 Å². The molecule has 172 valence electrons. The van der Waals surface area contributed by atoms with Crippen molar-refractivity contribution in [2.75, 3.05) is 14.1 Å². The zero-order chi connectivity index (χ0) is 22.8. The normalized spacial score (nSPS) is 19.0. The number of nitrogens with zero attached hydrogens (tertiary/aromatic N) is 2. The number of allylic oxidation sites excluding steroid dienone is 1. The number of nitrogens with one attached hydrogen (secondary N) is 1. The van der Waals surface area contributed by atoms with E-state index in [1.807, 2.05) is 0 Å². The molecule has 0 saturated heterocycles. The number of H-pyrrole nitrogens is 1. The van der Waals surface area contributed by atoms with Gasteiger partial charge >= 0.3 is 0 Å². The van der Waals surface area contributed by atoms with Gasteiger partial charge in [-0.15, -0.1) is 0 Å². The van der Waals surface area contributed by atoms with Crippen molar-refractivity contribution in [2.45, 2.75) is 64.0 Å². The van der Waals surface area contributed by atoms with Crippen molar-refractivity contribution in [3.05, 3.63) is 78.3 Å². The summed E-state index contributed by atoms with van der Waals surface area (Å²) in [4.78, 5) is 6.29. The second kappa shape index (κ2) is 9.23. The van der Waals surface area contributed by atoms with Crippen LogP contribution < -0.4 is 0 Å². The van der Waals surface area contributed by atoms with E-state index in [0.29, 0.717) is 5.54 Å². The molecule has 0 radical (unpaired) electrons. The molecule has 1 N–H and O–H groups in total. The van der Waals surface area contributed by atoms with Crippen molar-refractivity contribution in [1.82, 2.24) is 14.5 Å². The molecule has 3 nitrogen and oxygen atoms in total. The van der Waals surface area contributed by atoms with Gasteiger partial charge in [-0.25, -0.2) is 0 Å². The van der Waals surface area contributed by atoms with Crippen molar-refractivity contribution in [3.63, 3.8) is 0 Å². The number of benzene rings is 2. The minimum Gasteiger partial charge on any atom is -0.355 e. The molecule has 1 atom stereocenters. The Hall–Kier alpha value is -2.78. The Kier molecular flexibility index (Phi) is 6.16. The highest BCUT2D eigenvalue weighted by Crippen LogP contribution is 2.40. The van der Waals surface area contributed by atoms with E-state index in [4.69, 9.17) is 0 Å². The van der Waals surface area contributed by atoms with Gasteiger partial charge in [0.15, 0.2) is 0 Å². The molecule has 0 amide bonds. The topological polar surface area (TPSA) is 24.0 Å². The SMILES string of the molecule is CCCCC1(N(C)C)CC=C(c2[nH]c3ccccc3c2CCn2cc3ccccc3c2)CC1. The summed E-state index contributed by atoms with van der Waals surface area (Å²) in [5.41, 5.74) is 5.93. The fourth-order valence-corrected chi connectivity index (χ4v) is 5.72. The molecule has 0 bridgehead atoms. The van der Waals surface area contributed by atoms with E-state index in [0.717, 1.165) is 25.8 Å². The Bertz CT molecular complexity index is 1240. The molecule has 4 aromatic rings. The predicted molar refractivity (Wildman–Crippen MR) is 142 cm³/mol. The molecule has 2 aromatic carbocycles. The maximum Gasteiger partial charge on any atom is 0.0461 e. The van der Waals surface area contributed by atoms with Gasteiger partial charge in [-0.2, -0.15) is 0 Å². The first-order chi connectivity index (χ1) is 16.1. The molecule has 33 heavy (non-hydrogen) atoms. The first kappa shape index (κ1) is 22.0. The molecule has 3 heteroatoms. The Morgan fingerprint density at radius 2 is 1.73 bits per heavy atom. The zero-order valence-corrected chi connectivity index (χ0v) is 20.4. The van der Waals surface area contributed by atoms with E-state index < -0.39 is 0 Å². The van der Waals surface area contributed by atoms with Crippen LogP contribution in [0.5, 0.6) is 0 Å². The van der Waals surface area contributed by atoms with Gasteiger partial charge in [-0.1, -0.05) is 68.3 Å². The summed E-state index contributed by atoms with van der Waals surface area (Å²) in [7, 11) is 4.54. The highest BCUT2D eigenvalue weighted by molar-refractivity contribution is 5.89. The molecule has 5 rings (SSSR count). The summed E-state index contributed by atoms with van der Waals surface area (Å²) in [6, 6.07) is 17.5.